The van der Waals surface area contributed by atoms with Gasteiger partial charge >= 0.3 is 29.8 Å². The van der Waals surface area contributed by atoms with Crippen LogP contribution in [-0.4, -0.2) is 71.1 Å². The Hall–Kier alpha value is -3.21. The van der Waals surface area contributed by atoms with Gasteiger partial charge in [0.25, 0.3) is 0 Å². The Kier molecular flexibility index (Phi) is 9.73. The molecular weight excluding hydrogens is 536 g/mol. The van der Waals surface area contributed by atoms with E-state index in [1.54, 1.807) is 20.8 Å². The van der Waals surface area contributed by atoms with Crippen LogP contribution in [0, 0.1) is 17.3 Å². The van der Waals surface area contributed by atoms with Crippen LogP contribution in [-0.2, 0) is 47.7 Å². The zero-order chi connectivity index (χ0) is 30.9. The van der Waals surface area contributed by atoms with Gasteiger partial charge in [0.1, 0.15) is 24.4 Å². The molecule has 0 bridgehead atoms. The lowest BCUT2D eigenvalue weighted by Gasteiger charge is -2.54. The third kappa shape index (κ3) is 6.19. The van der Waals surface area contributed by atoms with E-state index in [0.29, 0.717) is 17.6 Å². The quantitative estimate of drug-likeness (QED) is 0.281. The predicted octanol–water partition coefficient (Wildman–Crippen LogP) is 3.11. The molecule has 0 amide bonds. The molecule has 1 saturated heterocycles. The molecule has 228 valence electrons. The van der Waals surface area contributed by atoms with Gasteiger partial charge in [0, 0.05) is 46.0 Å². The van der Waals surface area contributed by atoms with Crippen LogP contribution in [0.5, 0.6) is 0 Å². The maximum absolute atomic E-state index is 13.0. The average Bonchev–Trinajstić information content (AvgIpc) is 3.07. The van der Waals surface area contributed by atoms with Gasteiger partial charge in [-0.25, -0.2) is 0 Å². The molecule has 0 radical (unpaired) electrons. The lowest BCUT2D eigenvalue weighted by Crippen LogP contribution is -2.65. The summed E-state index contributed by atoms with van der Waals surface area (Å²) in [6, 6.07) is 0. The summed E-state index contributed by atoms with van der Waals surface area (Å²) in [5.41, 5.74) is -2.31. The monoisotopic (exact) mass is 578 g/mol. The zero-order valence-electron chi connectivity index (χ0n) is 25.1. The summed E-state index contributed by atoms with van der Waals surface area (Å²) >= 11 is 0. The van der Waals surface area contributed by atoms with Crippen molar-refractivity contribution in [2.75, 3.05) is 0 Å². The maximum Gasteiger partial charge on any atom is 0.312 e. The Morgan fingerprint density at radius 1 is 0.976 bits per heavy atom. The van der Waals surface area contributed by atoms with Crippen molar-refractivity contribution in [2.24, 2.45) is 17.3 Å². The maximum atomic E-state index is 13.0. The smallest absolute Gasteiger partial charge is 0.312 e. The van der Waals surface area contributed by atoms with Crippen molar-refractivity contribution in [3.63, 3.8) is 0 Å². The minimum atomic E-state index is -2.08. The van der Waals surface area contributed by atoms with E-state index in [1.807, 2.05) is 13.0 Å². The molecule has 3 rings (SSSR count). The first-order valence-electron chi connectivity index (χ1n) is 14.1. The number of ether oxygens (including phenoxy) is 5. The van der Waals surface area contributed by atoms with E-state index in [2.05, 4.69) is 0 Å². The molecule has 1 aliphatic heterocycles. The van der Waals surface area contributed by atoms with Crippen LogP contribution in [0.2, 0.25) is 0 Å². The van der Waals surface area contributed by atoms with E-state index in [1.165, 1.54) is 33.8 Å². The van der Waals surface area contributed by atoms with Gasteiger partial charge in [-0.1, -0.05) is 25.5 Å². The van der Waals surface area contributed by atoms with Gasteiger partial charge in [-0.3, -0.25) is 24.0 Å². The fourth-order valence-electron chi connectivity index (χ4n) is 6.57. The van der Waals surface area contributed by atoms with Crippen molar-refractivity contribution in [3.8, 4) is 0 Å². The lowest BCUT2D eigenvalue weighted by molar-refractivity contribution is -0.218. The van der Waals surface area contributed by atoms with Crippen LogP contribution in [0.15, 0.2) is 23.3 Å². The molecule has 1 heterocycles. The van der Waals surface area contributed by atoms with Gasteiger partial charge < -0.3 is 28.8 Å². The molecule has 41 heavy (non-hydrogen) atoms. The largest absolute Gasteiger partial charge is 0.462 e. The van der Waals surface area contributed by atoms with Crippen molar-refractivity contribution >= 4 is 29.8 Å². The predicted molar refractivity (Wildman–Crippen MR) is 144 cm³/mol. The second-order valence-corrected chi connectivity index (χ2v) is 11.6. The molecule has 1 N–H and O–H groups in total. The molecule has 11 nitrogen and oxygen atoms in total. The zero-order valence-corrected chi connectivity index (χ0v) is 25.1. The van der Waals surface area contributed by atoms with E-state index >= 15 is 0 Å². The second kappa shape index (κ2) is 12.3. The van der Waals surface area contributed by atoms with Crippen LogP contribution in [0.3, 0.4) is 0 Å². The molecule has 9 atom stereocenters. The average molecular weight is 579 g/mol. The molecule has 11 heteroatoms. The van der Waals surface area contributed by atoms with E-state index in [-0.39, 0.29) is 19.3 Å². The highest BCUT2D eigenvalue weighted by Crippen LogP contribution is 2.55. The first kappa shape index (κ1) is 32.3. The first-order chi connectivity index (χ1) is 19.1. The minimum absolute atomic E-state index is 0.0309. The van der Waals surface area contributed by atoms with E-state index in [0.717, 1.165) is 0 Å². The number of aliphatic hydroxyl groups is 1. The summed E-state index contributed by atoms with van der Waals surface area (Å²) in [6.07, 6.45) is -1.32. The summed E-state index contributed by atoms with van der Waals surface area (Å²) in [6.45, 7) is 12.2. The molecular formula is C30H42O11. The second-order valence-electron chi connectivity index (χ2n) is 11.6. The Balaban J connectivity index is 2.40. The highest BCUT2D eigenvalue weighted by atomic mass is 16.6. The number of esters is 5. The van der Waals surface area contributed by atoms with Gasteiger partial charge in [-0.05, 0) is 38.8 Å². The van der Waals surface area contributed by atoms with Crippen LogP contribution in [0.25, 0.3) is 0 Å². The molecule has 0 aromatic rings. The van der Waals surface area contributed by atoms with Crippen molar-refractivity contribution in [3.05, 3.63) is 23.3 Å². The van der Waals surface area contributed by atoms with Crippen LogP contribution in [0.1, 0.15) is 81.1 Å². The molecule has 3 aliphatic rings. The summed E-state index contributed by atoms with van der Waals surface area (Å²) in [7, 11) is 0. The summed E-state index contributed by atoms with van der Waals surface area (Å²) < 4.78 is 29.1. The Labute approximate surface area is 240 Å². The standard InChI is InChI=1S/C30H42O11/c1-9-10-25(34)40-21-14-23(38-19(6)32)29(8)22(37-18(5)31)12-11-15(2)26(29)27(39-20(7)33)30(36)17(4)28(35)41-24(30)13-16(21)3/h11,13,17,21-24,26-27,36H,9-10,12,14H2,1-8H3. The fourth-order valence-corrected chi connectivity index (χ4v) is 6.57. The third-order valence-corrected chi connectivity index (χ3v) is 8.69. The number of carbonyl (C=O) groups is 5. The Bertz CT molecular complexity index is 1140. The van der Waals surface area contributed by atoms with Crippen LogP contribution < -0.4 is 0 Å². The first-order valence-corrected chi connectivity index (χ1v) is 14.1. The number of rotatable bonds is 6. The number of hydrogen-bond donors (Lipinski definition) is 1. The Morgan fingerprint density at radius 3 is 2.12 bits per heavy atom. The number of hydrogen-bond acceptors (Lipinski definition) is 11. The van der Waals surface area contributed by atoms with E-state index < -0.39 is 83.2 Å². The Morgan fingerprint density at radius 2 is 1.56 bits per heavy atom. The highest BCUT2D eigenvalue weighted by Gasteiger charge is 2.67. The van der Waals surface area contributed by atoms with Gasteiger partial charge in [-0.15, -0.1) is 0 Å². The van der Waals surface area contributed by atoms with Crippen molar-refractivity contribution in [1.82, 2.24) is 0 Å². The van der Waals surface area contributed by atoms with Crippen molar-refractivity contribution in [2.45, 2.75) is 117 Å². The van der Waals surface area contributed by atoms with Gasteiger partial charge in [0.2, 0.25) is 0 Å². The SMILES string of the molecule is CCCC(=O)OC1CC(OC(C)=O)C2(C)C(OC(C)=O)CC=C(C)C2C(OC(C)=O)C2(O)C(C=C1C)OC(=O)C2C. The molecule has 0 saturated carbocycles. The van der Waals surface area contributed by atoms with Crippen molar-refractivity contribution in [1.29, 1.82) is 0 Å². The normalized spacial score (nSPS) is 36.8. The third-order valence-electron chi connectivity index (χ3n) is 8.69. The van der Waals surface area contributed by atoms with Crippen molar-refractivity contribution < 1.29 is 52.8 Å². The van der Waals surface area contributed by atoms with Gasteiger partial charge in [-0.2, -0.15) is 0 Å². The minimum Gasteiger partial charge on any atom is -0.462 e. The van der Waals surface area contributed by atoms with Crippen LogP contribution in [0.4, 0.5) is 0 Å². The van der Waals surface area contributed by atoms with E-state index in [9.17, 15) is 29.1 Å². The number of fused-ring (bicyclic) bond motifs is 2. The van der Waals surface area contributed by atoms with Crippen LogP contribution >= 0.6 is 0 Å². The topological polar surface area (TPSA) is 152 Å². The lowest BCUT2D eigenvalue weighted by atomic mass is 9.56. The summed E-state index contributed by atoms with van der Waals surface area (Å²) in [4.78, 5) is 63.1. The molecule has 0 aromatic carbocycles. The highest BCUT2D eigenvalue weighted by molar-refractivity contribution is 5.78. The summed E-state index contributed by atoms with van der Waals surface area (Å²) in [5, 5.41) is 12.4. The van der Waals surface area contributed by atoms with Gasteiger partial charge in [0.15, 0.2) is 11.7 Å². The van der Waals surface area contributed by atoms with Gasteiger partial charge in [0.05, 0.1) is 11.3 Å². The molecule has 2 aliphatic carbocycles. The molecule has 9 unspecified atom stereocenters. The molecule has 0 aromatic heterocycles. The fraction of sp³-hybridized carbons (Fsp3) is 0.700. The molecule has 0 spiro atoms. The van der Waals surface area contributed by atoms with E-state index in [4.69, 9.17) is 23.7 Å². The summed E-state index contributed by atoms with van der Waals surface area (Å²) in [5.74, 6) is -5.17. The number of carbonyl (C=O) groups excluding carboxylic acids is 5. The molecule has 1 fully saturated rings.